The molecule has 1 N–H and O–H groups in total. The van der Waals surface area contributed by atoms with E-state index in [0.29, 0.717) is 22.8 Å². The summed E-state index contributed by atoms with van der Waals surface area (Å²) in [6.45, 7) is 0. The molecule has 1 saturated heterocycles. The molecule has 0 atom stereocenters. The minimum atomic E-state index is -4.77. The normalized spacial score (nSPS) is 15.7. The monoisotopic (exact) mass is 448 g/mol. The Morgan fingerprint density at radius 3 is 2.32 bits per heavy atom. The van der Waals surface area contributed by atoms with Crippen molar-refractivity contribution in [2.75, 3.05) is 4.90 Å². The number of rotatable bonds is 4. The summed E-state index contributed by atoms with van der Waals surface area (Å²) >= 11 is 0.932. The number of benzene rings is 2. The molecule has 0 bridgehead atoms. The number of amidine groups is 1. The molecule has 158 valence electrons. The van der Waals surface area contributed by atoms with Crippen LogP contribution in [0.3, 0.4) is 0 Å². The maximum absolute atomic E-state index is 13.1. The van der Waals surface area contributed by atoms with Crippen LogP contribution in [0.5, 0.6) is 5.75 Å². The van der Waals surface area contributed by atoms with Crippen LogP contribution in [0.1, 0.15) is 5.76 Å². The third-order valence-electron chi connectivity index (χ3n) is 4.18. The van der Waals surface area contributed by atoms with Crippen molar-refractivity contribution < 1.29 is 31.5 Å². The van der Waals surface area contributed by atoms with Crippen LogP contribution in [0.4, 0.5) is 23.2 Å². The lowest BCUT2D eigenvalue weighted by Gasteiger charge is -2.13. The summed E-state index contributed by atoms with van der Waals surface area (Å²) in [6.07, 6.45) is -3.30. The van der Waals surface area contributed by atoms with Crippen LogP contribution in [0.25, 0.3) is 17.4 Å². The predicted molar refractivity (Wildman–Crippen MR) is 108 cm³/mol. The van der Waals surface area contributed by atoms with Gasteiger partial charge in [-0.15, -0.1) is 13.2 Å². The van der Waals surface area contributed by atoms with Crippen molar-refractivity contribution in [3.05, 3.63) is 77.1 Å². The molecule has 3 aromatic rings. The second kappa shape index (κ2) is 7.95. The van der Waals surface area contributed by atoms with Crippen LogP contribution >= 0.6 is 11.8 Å². The zero-order valence-electron chi connectivity index (χ0n) is 15.4. The van der Waals surface area contributed by atoms with E-state index in [1.165, 1.54) is 54.6 Å². The lowest BCUT2D eigenvalue weighted by atomic mass is 10.2. The van der Waals surface area contributed by atoms with Gasteiger partial charge < -0.3 is 9.15 Å². The summed E-state index contributed by atoms with van der Waals surface area (Å²) in [5.41, 5.74) is 0.888. The average Bonchev–Trinajstić information content (AvgIpc) is 3.27. The summed E-state index contributed by atoms with van der Waals surface area (Å²) in [5, 5.41) is 8.02. The van der Waals surface area contributed by atoms with Crippen molar-refractivity contribution in [1.29, 1.82) is 5.41 Å². The Morgan fingerprint density at radius 2 is 1.68 bits per heavy atom. The van der Waals surface area contributed by atoms with Gasteiger partial charge >= 0.3 is 6.36 Å². The van der Waals surface area contributed by atoms with E-state index >= 15 is 0 Å². The van der Waals surface area contributed by atoms with E-state index in [1.54, 1.807) is 12.1 Å². The number of hydrogen-bond acceptors (Lipinski definition) is 5. The predicted octanol–water partition coefficient (Wildman–Crippen LogP) is 6.04. The number of carbonyl (C=O) groups is 1. The Kier molecular flexibility index (Phi) is 5.32. The molecule has 1 aliphatic heterocycles. The highest BCUT2D eigenvalue weighted by Crippen LogP contribution is 2.36. The zero-order valence-corrected chi connectivity index (χ0v) is 16.3. The van der Waals surface area contributed by atoms with Crippen LogP contribution in [-0.2, 0) is 4.79 Å². The molecule has 0 aliphatic carbocycles. The molecule has 0 radical (unpaired) electrons. The topological polar surface area (TPSA) is 66.5 Å². The first-order valence-corrected chi connectivity index (χ1v) is 9.55. The first-order valence-electron chi connectivity index (χ1n) is 8.74. The third kappa shape index (κ3) is 4.64. The number of amides is 1. The van der Waals surface area contributed by atoms with Gasteiger partial charge in [0.25, 0.3) is 5.91 Å². The second-order valence-corrected chi connectivity index (χ2v) is 7.34. The molecule has 0 unspecified atom stereocenters. The fraction of sp³-hybridized carbons (Fsp3) is 0.0476. The molecular weight excluding hydrogens is 436 g/mol. The van der Waals surface area contributed by atoms with Gasteiger partial charge in [-0.25, -0.2) is 4.39 Å². The fourth-order valence-electron chi connectivity index (χ4n) is 2.85. The number of thioether (sulfide) groups is 1. The van der Waals surface area contributed by atoms with E-state index in [4.69, 9.17) is 9.83 Å². The SMILES string of the molecule is N=C1S/C(=C\c2ccc(-c3ccc(OC(F)(F)F)cc3)o2)C(=O)N1c1ccc(F)cc1. The van der Waals surface area contributed by atoms with Crippen LogP contribution in [0, 0.1) is 11.2 Å². The molecule has 10 heteroatoms. The molecule has 2 heterocycles. The molecule has 1 aliphatic rings. The number of carbonyl (C=O) groups excluding carboxylic acids is 1. The number of furan rings is 1. The van der Waals surface area contributed by atoms with Crippen molar-refractivity contribution in [2.24, 2.45) is 0 Å². The van der Waals surface area contributed by atoms with Crippen LogP contribution in [-0.4, -0.2) is 17.4 Å². The molecule has 1 aromatic heterocycles. The van der Waals surface area contributed by atoms with Gasteiger partial charge in [-0.05, 0) is 72.4 Å². The first-order chi connectivity index (χ1) is 14.7. The quantitative estimate of drug-likeness (QED) is 0.390. The molecule has 2 aromatic carbocycles. The Labute approximate surface area is 177 Å². The number of alkyl halides is 3. The third-order valence-corrected chi connectivity index (χ3v) is 5.07. The lowest BCUT2D eigenvalue weighted by molar-refractivity contribution is -0.274. The smallest absolute Gasteiger partial charge is 0.457 e. The minimum Gasteiger partial charge on any atom is -0.457 e. The molecular formula is C21H12F4N2O3S. The summed E-state index contributed by atoms with van der Waals surface area (Å²) in [6, 6.07) is 13.6. The Morgan fingerprint density at radius 1 is 1.00 bits per heavy atom. The number of ether oxygens (including phenoxy) is 1. The molecule has 1 fully saturated rings. The Hall–Kier alpha value is -3.53. The summed E-state index contributed by atoms with van der Waals surface area (Å²) in [7, 11) is 0. The van der Waals surface area contributed by atoms with Gasteiger partial charge in [0.05, 0.1) is 10.6 Å². The number of nitrogens with zero attached hydrogens (tertiary/aromatic N) is 1. The maximum Gasteiger partial charge on any atom is 0.573 e. The van der Waals surface area contributed by atoms with Gasteiger partial charge in [0.1, 0.15) is 23.1 Å². The van der Waals surface area contributed by atoms with Gasteiger partial charge in [0, 0.05) is 11.6 Å². The molecule has 0 saturated carbocycles. The fourth-order valence-corrected chi connectivity index (χ4v) is 3.69. The highest BCUT2D eigenvalue weighted by Gasteiger charge is 2.34. The van der Waals surface area contributed by atoms with Crippen LogP contribution in [0.15, 0.2) is 70.0 Å². The van der Waals surface area contributed by atoms with Gasteiger partial charge in [-0.3, -0.25) is 15.1 Å². The number of nitrogens with one attached hydrogen (secondary N) is 1. The largest absolute Gasteiger partial charge is 0.573 e. The van der Waals surface area contributed by atoms with Gasteiger partial charge in [0.2, 0.25) is 0 Å². The number of hydrogen-bond donors (Lipinski definition) is 1. The average molecular weight is 448 g/mol. The van der Waals surface area contributed by atoms with Crippen molar-refractivity contribution in [3.63, 3.8) is 0 Å². The highest BCUT2D eigenvalue weighted by atomic mass is 32.2. The highest BCUT2D eigenvalue weighted by molar-refractivity contribution is 8.19. The zero-order chi connectivity index (χ0) is 22.2. The standard InChI is InChI=1S/C21H12F4N2O3S/c22-13-3-5-14(6-4-13)27-19(28)18(31-20(27)26)11-16-9-10-17(29-16)12-1-7-15(8-2-12)30-21(23,24)25/h1-11,26H/b18-11-,26-20?. The van der Waals surface area contributed by atoms with Gasteiger partial charge in [-0.1, -0.05) is 0 Å². The minimum absolute atomic E-state index is 0.0325. The first kappa shape index (κ1) is 20.7. The second-order valence-electron chi connectivity index (χ2n) is 6.31. The van der Waals surface area contributed by atoms with E-state index < -0.39 is 18.1 Å². The maximum atomic E-state index is 13.1. The van der Waals surface area contributed by atoms with Crippen molar-refractivity contribution >= 4 is 34.6 Å². The van der Waals surface area contributed by atoms with E-state index in [-0.39, 0.29) is 15.8 Å². The van der Waals surface area contributed by atoms with E-state index in [0.717, 1.165) is 16.7 Å². The Bertz CT molecular complexity index is 1170. The summed E-state index contributed by atoms with van der Waals surface area (Å²) in [4.78, 5) is 14.1. The Balaban J connectivity index is 1.52. The van der Waals surface area contributed by atoms with Gasteiger partial charge in [0.15, 0.2) is 5.17 Å². The van der Waals surface area contributed by atoms with Crippen molar-refractivity contribution in [3.8, 4) is 17.1 Å². The van der Waals surface area contributed by atoms with Gasteiger partial charge in [-0.2, -0.15) is 0 Å². The molecule has 1 amide bonds. The van der Waals surface area contributed by atoms with Crippen molar-refractivity contribution in [1.82, 2.24) is 0 Å². The molecule has 4 rings (SSSR count). The number of halogens is 4. The van der Waals surface area contributed by atoms with Crippen LogP contribution < -0.4 is 9.64 Å². The number of anilines is 1. The lowest BCUT2D eigenvalue weighted by Crippen LogP contribution is -2.28. The molecule has 5 nitrogen and oxygen atoms in total. The van der Waals surface area contributed by atoms with Crippen LogP contribution in [0.2, 0.25) is 0 Å². The molecule has 0 spiro atoms. The van der Waals surface area contributed by atoms with E-state index in [9.17, 15) is 22.4 Å². The van der Waals surface area contributed by atoms with Crippen molar-refractivity contribution in [2.45, 2.75) is 6.36 Å². The van der Waals surface area contributed by atoms with E-state index in [1.807, 2.05) is 0 Å². The summed E-state index contributed by atoms with van der Waals surface area (Å²) in [5.74, 6) is -0.543. The molecule has 31 heavy (non-hydrogen) atoms. The van der Waals surface area contributed by atoms with E-state index in [2.05, 4.69) is 4.74 Å². The summed E-state index contributed by atoms with van der Waals surface area (Å²) < 4.78 is 59.4.